The van der Waals surface area contributed by atoms with Crippen molar-refractivity contribution in [1.82, 2.24) is 0 Å². The lowest BCUT2D eigenvalue weighted by Gasteiger charge is -2.02. The van der Waals surface area contributed by atoms with Gasteiger partial charge in [-0.2, -0.15) is 24.4 Å². The van der Waals surface area contributed by atoms with Crippen LogP contribution in [0, 0.1) is 0 Å². The summed E-state index contributed by atoms with van der Waals surface area (Å²) in [6, 6.07) is 0. The molecule has 0 heterocycles. The fourth-order valence-corrected chi connectivity index (χ4v) is 0.942. The molecular weight excluding hydrogens is 180 g/mol. The summed E-state index contributed by atoms with van der Waals surface area (Å²) in [5.74, 6) is 1.84. The van der Waals surface area contributed by atoms with Crippen LogP contribution in [0.1, 0.15) is 0 Å². The van der Waals surface area contributed by atoms with Crippen molar-refractivity contribution >= 4 is 24.4 Å². The first-order chi connectivity index (χ1) is 5.41. The molecule has 0 saturated carbocycles. The third-order valence-corrected chi connectivity index (χ3v) is 1.80. The van der Waals surface area contributed by atoms with Crippen LogP contribution in [-0.2, 0) is 9.47 Å². The highest BCUT2D eigenvalue weighted by atomic mass is 32.2. The lowest BCUT2D eigenvalue weighted by Crippen LogP contribution is -2.07. The fourth-order valence-electron chi connectivity index (χ4n) is 0.529. The summed E-state index contributed by atoms with van der Waals surface area (Å²) >= 11 is 5.80. The molecule has 0 amide bonds. The van der Waals surface area contributed by atoms with Gasteiger partial charge in [0.1, 0.15) is 0 Å². The molecule has 0 aromatic carbocycles. The van der Waals surface area contributed by atoms with E-state index in [0.717, 1.165) is 24.7 Å². The largest absolute Gasteiger partial charge is 0.378 e. The third kappa shape index (κ3) is 10.6. The molecule has 0 unspecified atom stereocenters. The molecule has 0 rings (SSSR count). The Bertz CT molecular complexity index is 63.5. The Labute approximate surface area is 78.4 Å². The third-order valence-electron chi connectivity index (χ3n) is 1.04. The Morgan fingerprint density at radius 2 is 1.73 bits per heavy atom. The van der Waals surface area contributed by atoms with Crippen molar-refractivity contribution in [3.63, 3.8) is 0 Å². The average Bonchev–Trinajstić information content (AvgIpc) is 2.03. The average molecular weight is 196 g/mol. The summed E-state index contributed by atoms with van der Waals surface area (Å²) in [4.78, 5) is 0. The van der Waals surface area contributed by atoms with Gasteiger partial charge in [-0.25, -0.2) is 0 Å². The van der Waals surface area contributed by atoms with E-state index < -0.39 is 0 Å². The van der Waals surface area contributed by atoms with Gasteiger partial charge in [-0.3, -0.25) is 0 Å². The number of ether oxygens (including phenoxy) is 2. The van der Waals surface area contributed by atoms with Gasteiger partial charge in [0.15, 0.2) is 0 Å². The second kappa shape index (κ2) is 10.6. The Kier molecular flexibility index (Phi) is 11.2. The van der Waals surface area contributed by atoms with Crippen molar-refractivity contribution in [3.8, 4) is 0 Å². The quantitative estimate of drug-likeness (QED) is 0.466. The Morgan fingerprint density at radius 3 is 2.27 bits per heavy atom. The summed E-state index contributed by atoms with van der Waals surface area (Å²) in [5.41, 5.74) is 0. The standard InChI is InChI=1S/C7H16O2S2/c1-11-7-5-9-3-2-8-4-6-10/h10H,2-7H2,1H3. The highest BCUT2D eigenvalue weighted by Crippen LogP contribution is 1.90. The Hall–Kier alpha value is 0.620. The number of hydrogen-bond acceptors (Lipinski definition) is 4. The number of thiol groups is 1. The molecule has 0 radical (unpaired) electrons. The molecule has 0 atom stereocenters. The highest BCUT2D eigenvalue weighted by Gasteiger charge is 1.87. The van der Waals surface area contributed by atoms with Gasteiger partial charge in [0.25, 0.3) is 0 Å². The van der Waals surface area contributed by atoms with E-state index >= 15 is 0 Å². The summed E-state index contributed by atoms with van der Waals surface area (Å²) in [6.07, 6.45) is 2.07. The van der Waals surface area contributed by atoms with E-state index in [-0.39, 0.29) is 0 Å². The molecule has 68 valence electrons. The molecule has 0 bridgehead atoms. The van der Waals surface area contributed by atoms with Gasteiger partial charge >= 0.3 is 0 Å². The summed E-state index contributed by atoms with van der Waals surface area (Å²) < 4.78 is 10.4. The van der Waals surface area contributed by atoms with Crippen LogP contribution in [0.2, 0.25) is 0 Å². The predicted molar refractivity (Wildman–Crippen MR) is 53.9 cm³/mol. The Balaban J connectivity index is 2.69. The normalized spacial score (nSPS) is 10.4. The van der Waals surface area contributed by atoms with Crippen molar-refractivity contribution in [2.24, 2.45) is 0 Å². The first-order valence-corrected chi connectivity index (χ1v) is 5.69. The molecule has 4 heteroatoms. The minimum absolute atomic E-state index is 0.689. The molecular formula is C7H16O2S2. The molecule has 2 nitrogen and oxygen atoms in total. The molecule has 11 heavy (non-hydrogen) atoms. The second-order valence-electron chi connectivity index (χ2n) is 1.94. The van der Waals surface area contributed by atoms with Crippen LogP contribution in [0.5, 0.6) is 0 Å². The maximum atomic E-state index is 5.25. The lowest BCUT2D eigenvalue weighted by atomic mass is 10.7. The predicted octanol–water partition coefficient (Wildman–Crippen LogP) is 1.31. The zero-order valence-corrected chi connectivity index (χ0v) is 8.63. The maximum Gasteiger partial charge on any atom is 0.0700 e. The van der Waals surface area contributed by atoms with E-state index in [2.05, 4.69) is 18.9 Å². The van der Waals surface area contributed by atoms with Gasteiger partial charge in [0, 0.05) is 11.5 Å². The van der Waals surface area contributed by atoms with Crippen molar-refractivity contribution in [2.75, 3.05) is 44.2 Å². The van der Waals surface area contributed by atoms with E-state index in [1.165, 1.54) is 0 Å². The molecule has 0 aromatic heterocycles. The van der Waals surface area contributed by atoms with Crippen LogP contribution >= 0.6 is 24.4 Å². The van der Waals surface area contributed by atoms with E-state index in [4.69, 9.17) is 9.47 Å². The van der Waals surface area contributed by atoms with E-state index in [1.807, 2.05) is 0 Å². The van der Waals surface area contributed by atoms with Crippen LogP contribution in [0.4, 0.5) is 0 Å². The van der Waals surface area contributed by atoms with Crippen LogP contribution in [-0.4, -0.2) is 44.2 Å². The van der Waals surface area contributed by atoms with Crippen molar-refractivity contribution in [2.45, 2.75) is 0 Å². The van der Waals surface area contributed by atoms with Gasteiger partial charge < -0.3 is 9.47 Å². The molecule has 0 saturated heterocycles. The van der Waals surface area contributed by atoms with E-state index in [1.54, 1.807) is 11.8 Å². The van der Waals surface area contributed by atoms with E-state index in [0.29, 0.717) is 13.2 Å². The summed E-state index contributed by atoms with van der Waals surface area (Å²) in [6.45, 7) is 2.93. The molecule has 0 N–H and O–H groups in total. The molecule has 0 spiro atoms. The minimum atomic E-state index is 0.689. The summed E-state index contributed by atoms with van der Waals surface area (Å²) in [5, 5.41) is 0. The smallest absolute Gasteiger partial charge is 0.0700 e. The first-order valence-electron chi connectivity index (χ1n) is 3.67. The van der Waals surface area contributed by atoms with Crippen LogP contribution in [0.25, 0.3) is 0 Å². The molecule has 0 aliphatic carbocycles. The SMILES string of the molecule is CSCCOCCOCCS. The van der Waals surface area contributed by atoms with E-state index in [9.17, 15) is 0 Å². The minimum Gasteiger partial charge on any atom is -0.378 e. The molecule has 0 aromatic rings. The van der Waals surface area contributed by atoms with Gasteiger partial charge in [-0.15, -0.1) is 0 Å². The number of hydrogen-bond donors (Lipinski definition) is 1. The van der Waals surface area contributed by atoms with Gasteiger partial charge in [0.05, 0.1) is 26.4 Å². The highest BCUT2D eigenvalue weighted by molar-refractivity contribution is 7.98. The topological polar surface area (TPSA) is 18.5 Å². The van der Waals surface area contributed by atoms with Crippen LogP contribution in [0.15, 0.2) is 0 Å². The van der Waals surface area contributed by atoms with Gasteiger partial charge in [-0.05, 0) is 6.26 Å². The molecule has 0 aliphatic rings. The lowest BCUT2D eigenvalue weighted by molar-refractivity contribution is 0.0606. The van der Waals surface area contributed by atoms with Crippen molar-refractivity contribution < 1.29 is 9.47 Å². The zero-order chi connectivity index (χ0) is 8.36. The van der Waals surface area contributed by atoms with Gasteiger partial charge in [-0.1, -0.05) is 0 Å². The number of rotatable bonds is 8. The Morgan fingerprint density at radius 1 is 1.09 bits per heavy atom. The molecule has 0 fully saturated rings. The fraction of sp³-hybridized carbons (Fsp3) is 1.00. The van der Waals surface area contributed by atoms with Crippen LogP contribution < -0.4 is 0 Å². The monoisotopic (exact) mass is 196 g/mol. The van der Waals surface area contributed by atoms with Crippen molar-refractivity contribution in [1.29, 1.82) is 0 Å². The molecule has 0 aliphatic heterocycles. The first kappa shape index (κ1) is 11.6. The van der Waals surface area contributed by atoms with Gasteiger partial charge in [0.2, 0.25) is 0 Å². The van der Waals surface area contributed by atoms with Crippen LogP contribution in [0.3, 0.4) is 0 Å². The second-order valence-corrected chi connectivity index (χ2v) is 3.37. The zero-order valence-electron chi connectivity index (χ0n) is 6.91. The summed E-state index contributed by atoms with van der Waals surface area (Å²) in [7, 11) is 0. The van der Waals surface area contributed by atoms with Crippen molar-refractivity contribution in [3.05, 3.63) is 0 Å². The maximum absolute atomic E-state index is 5.25. The number of thioether (sulfide) groups is 1.